The van der Waals surface area contributed by atoms with Crippen molar-refractivity contribution in [1.82, 2.24) is 10.2 Å². The zero-order chi connectivity index (χ0) is 8.55. The maximum absolute atomic E-state index is 5.46. The summed E-state index contributed by atoms with van der Waals surface area (Å²) in [5.74, 6) is 0. The van der Waals surface area contributed by atoms with Crippen LogP contribution in [0, 0.1) is 0 Å². The Balaban J connectivity index is 1.84. The van der Waals surface area contributed by atoms with Crippen LogP contribution < -0.4 is 5.32 Å². The lowest BCUT2D eigenvalue weighted by Crippen LogP contribution is -2.47. The number of likely N-dealkylation sites (N-methyl/N-ethyl adjacent to an activating group) is 1. The molecule has 3 heteroatoms. The maximum Gasteiger partial charge on any atom is 0.0638 e. The van der Waals surface area contributed by atoms with Crippen molar-refractivity contribution < 1.29 is 4.74 Å². The molecule has 0 spiro atoms. The molecule has 12 heavy (non-hydrogen) atoms. The van der Waals surface area contributed by atoms with Gasteiger partial charge in [-0.05, 0) is 26.9 Å². The van der Waals surface area contributed by atoms with E-state index in [9.17, 15) is 0 Å². The van der Waals surface area contributed by atoms with E-state index in [0.717, 1.165) is 19.3 Å². The molecule has 2 atom stereocenters. The van der Waals surface area contributed by atoms with Crippen molar-refractivity contribution in [3.8, 4) is 0 Å². The highest BCUT2D eigenvalue weighted by atomic mass is 16.5. The third kappa shape index (κ3) is 1.79. The molecule has 1 aliphatic carbocycles. The molecule has 0 aromatic heterocycles. The Morgan fingerprint density at radius 3 is 2.58 bits per heavy atom. The van der Waals surface area contributed by atoms with E-state index in [1.807, 2.05) is 0 Å². The Hall–Kier alpha value is -0.120. The normalized spacial score (nSPS) is 36.2. The van der Waals surface area contributed by atoms with E-state index < -0.39 is 0 Å². The molecule has 0 radical (unpaired) electrons. The lowest BCUT2D eigenvalue weighted by molar-refractivity contribution is 0.169. The molecular formula is C9H18N2O. The number of nitrogens with one attached hydrogen (secondary N) is 1. The quantitative estimate of drug-likeness (QED) is 0.648. The fourth-order valence-corrected chi connectivity index (χ4v) is 1.76. The summed E-state index contributed by atoms with van der Waals surface area (Å²) in [4.78, 5) is 2.26. The Bertz CT molecular complexity index is 157. The minimum atomic E-state index is 0.562. The van der Waals surface area contributed by atoms with Crippen LogP contribution in [0.15, 0.2) is 0 Å². The van der Waals surface area contributed by atoms with Gasteiger partial charge < -0.3 is 15.0 Å². The highest BCUT2D eigenvalue weighted by Gasteiger charge is 2.34. The van der Waals surface area contributed by atoms with Gasteiger partial charge in [0.05, 0.1) is 19.3 Å². The molecule has 2 fully saturated rings. The van der Waals surface area contributed by atoms with Crippen LogP contribution in [-0.4, -0.2) is 50.3 Å². The van der Waals surface area contributed by atoms with E-state index in [1.54, 1.807) is 0 Å². The molecule has 2 aliphatic rings. The maximum atomic E-state index is 5.46. The molecule has 2 rings (SSSR count). The average Bonchev–Trinajstić information content (AvgIpc) is 2.66. The average molecular weight is 170 g/mol. The Kier molecular flexibility index (Phi) is 2.35. The fraction of sp³-hybridized carbons (Fsp3) is 1.00. The smallest absolute Gasteiger partial charge is 0.0638 e. The molecule has 1 heterocycles. The lowest BCUT2D eigenvalue weighted by atomic mass is 10.1. The van der Waals surface area contributed by atoms with E-state index in [4.69, 9.17) is 4.74 Å². The van der Waals surface area contributed by atoms with Gasteiger partial charge in [0, 0.05) is 12.1 Å². The van der Waals surface area contributed by atoms with Crippen molar-refractivity contribution in [2.24, 2.45) is 0 Å². The first kappa shape index (κ1) is 8.48. The number of hydrogen-bond acceptors (Lipinski definition) is 3. The molecule has 1 aliphatic heterocycles. The largest absolute Gasteiger partial charge is 0.378 e. The van der Waals surface area contributed by atoms with Crippen molar-refractivity contribution in [1.29, 1.82) is 0 Å². The molecule has 70 valence electrons. The number of nitrogens with zero attached hydrogens (tertiary/aromatic N) is 1. The predicted molar refractivity (Wildman–Crippen MR) is 48.2 cm³/mol. The first-order valence-corrected chi connectivity index (χ1v) is 4.77. The van der Waals surface area contributed by atoms with E-state index in [1.165, 1.54) is 12.8 Å². The topological polar surface area (TPSA) is 24.5 Å². The van der Waals surface area contributed by atoms with Crippen LogP contribution in [0.25, 0.3) is 0 Å². The summed E-state index contributed by atoms with van der Waals surface area (Å²) in [5, 5.41) is 3.62. The Morgan fingerprint density at radius 2 is 2.00 bits per heavy atom. The third-order valence-corrected chi connectivity index (χ3v) is 2.74. The van der Waals surface area contributed by atoms with Crippen LogP contribution >= 0.6 is 0 Å². The van der Waals surface area contributed by atoms with Crippen LogP contribution in [-0.2, 0) is 4.74 Å². The second kappa shape index (κ2) is 3.32. The summed E-state index contributed by atoms with van der Waals surface area (Å²) in [6.45, 7) is 1.77. The van der Waals surface area contributed by atoms with Gasteiger partial charge in [0.25, 0.3) is 0 Å². The molecule has 1 saturated heterocycles. The molecule has 2 unspecified atom stereocenters. The van der Waals surface area contributed by atoms with Gasteiger partial charge in [-0.25, -0.2) is 0 Å². The predicted octanol–water partition coefficient (Wildman–Crippen LogP) is 0.0674. The van der Waals surface area contributed by atoms with Crippen LogP contribution in [0.4, 0.5) is 0 Å². The van der Waals surface area contributed by atoms with Crippen LogP contribution in [0.2, 0.25) is 0 Å². The van der Waals surface area contributed by atoms with Crippen molar-refractivity contribution in [3.05, 3.63) is 0 Å². The summed E-state index contributed by atoms with van der Waals surface area (Å²) in [6, 6.07) is 1.93. The summed E-state index contributed by atoms with van der Waals surface area (Å²) < 4.78 is 5.46. The van der Waals surface area contributed by atoms with Gasteiger partial charge in [0.2, 0.25) is 0 Å². The van der Waals surface area contributed by atoms with Crippen molar-refractivity contribution in [2.45, 2.75) is 31.0 Å². The van der Waals surface area contributed by atoms with Gasteiger partial charge in [0.15, 0.2) is 0 Å². The molecule has 0 aromatic rings. The minimum absolute atomic E-state index is 0.562. The van der Waals surface area contributed by atoms with E-state index >= 15 is 0 Å². The van der Waals surface area contributed by atoms with Crippen LogP contribution in [0.1, 0.15) is 12.8 Å². The highest BCUT2D eigenvalue weighted by Crippen LogP contribution is 2.22. The molecular weight excluding hydrogens is 152 g/mol. The highest BCUT2D eigenvalue weighted by molar-refractivity contribution is 4.93. The first-order valence-electron chi connectivity index (χ1n) is 4.77. The Labute approximate surface area is 74.1 Å². The van der Waals surface area contributed by atoms with Crippen LogP contribution in [0.5, 0.6) is 0 Å². The number of rotatable bonds is 3. The molecule has 0 aromatic carbocycles. The lowest BCUT2D eigenvalue weighted by Gasteiger charge is -2.24. The molecule has 0 bridgehead atoms. The van der Waals surface area contributed by atoms with Gasteiger partial charge >= 0.3 is 0 Å². The van der Waals surface area contributed by atoms with E-state index in [2.05, 4.69) is 24.3 Å². The van der Waals surface area contributed by atoms with Gasteiger partial charge in [-0.3, -0.25) is 0 Å². The van der Waals surface area contributed by atoms with Crippen LogP contribution in [0.3, 0.4) is 0 Å². The second-order valence-corrected chi connectivity index (χ2v) is 4.12. The minimum Gasteiger partial charge on any atom is -0.378 e. The van der Waals surface area contributed by atoms with Gasteiger partial charge in [-0.2, -0.15) is 0 Å². The van der Waals surface area contributed by atoms with Gasteiger partial charge in [-0.1, -0.05) is 0 Å². The van der Waals surface area contributed by atoms with Crippen molar-refractivity contribution >= 4 is 0 Å². The Morgan fingerprint density at radius 1 is 1.25 bits per heavy atom. The summed E-state index contributed by atoms with van der Waals surface area (Å²) >= 11 is 0. The summed E-state index contributed by atoms with van der Waals surface area (Å²) in [7, 11) is 4.25. The molecule has 1 N–H and O–H groups in total. The molecule has 3 nitrogen and oxygen atoms in total. The van der Waals surface area contributed by atoms with Gasteiger partial charge in [-0.15, -0.1) is 0 Å². The second-order valence-electron chi connectivity index (χ2n) is 4.12. The van der Waals surface area contributed by atoms with Crippen molar-refractivity contribution in [3.63, 3.8) is 0 Å². The standard InChI is InChI=1S/C9H18N2O/c1-11(2)9-6-12-5-8(9)10-7-3-4-7/h7-10H,3-6H2,1-2H3. The zero-order valence-electron chi connectivity index (χ0n) is 7.92. The summed E-state index contributed by atoms with van der Waals surface area (Å²) in [6.07, 6.45) is 2.72. The van der Waals surface area contributed by atoms with Gasteiger partial charge in [0.1, 0.15) is 0 Å². The van der Waals surface area contributed by atoms with Crippen molar-refractivity contribution in [2.75, 3.05) is 27.3 Å². The van der Waals surface area contributed by atoms with E-state index in [0.29, 0.717) is 12.1 Å². The molecule has 0 amide bonds. The number of hydrogen-bond donors (Lipinski definition) is 1. The zero-order valence-corrected chi connectivity index (χ0v) is 7.92. The third-order valence-electron chi connectivity index (χ3n) is 2.74. The molecule has 1 saturated carbocycles. The fourth-order valence-electron chi connectivity index (χ4n) is 1.76. The van der Waals surface area contributed by atoms with E-state index in [-0.39, 0.29) is 0 Å². The SMILES string of the molecule is CN(C)C1COCC1NC1CC1. The first-order chi connectivity index (χ1) is 5.77. The number of ether oxygens (including phenoxy) is 1. The summed E-state index contributed by atoms with van der Waals surface area (Å²) in [5.41, 5.74) is 0. The monoisotopic (exact) mass is 170 g/mol.